The van der Waals surface area contributed by atoms with Crippen LogP contribution in [0.4, 0.5) is 0 Å². The van der Waals surface area contributed by atoms with Crippen molar-refractivity contribution in [3.05, 3.63) is 116 Å². The number of hydrogen-bond donors (Lipinski definition) is 3. The molecule has 8 bridgehead atoms. The lowest BCUT2D eigenvalue weighted by Crippen LogP contribution is -2.47. The van der Waals surface area contributed by atoms with E-state index in [1.165, 1.54) is 38.5 Å². The van der Waals surface area contributed by atoms with Crippen molar-refractivity contribution in [2.45, 2.75) is 145 Å². The number of carbonyl (C=O) groups excluding carboxylic acids is 3. The number of esters is 2. The summed E-state index contributed by atoms with van der Waals surface area (Å²) in [6.45, 7) is 23.0. The highest BCUT2D eigenvalue weighted by Gasteiger charge is 2.62. The lowest BCUT2D eigenvalue weighted by Gasteiger charge is -2.24. The lowest BCUT2D eigenvalue weighted by atomic mass is 9.83. The fourth-order valence-electron chi connectivity index (χ4n) is 10.0. The van der Waals surface area contributed by atoms with Crippen molar-refractivity contribution in [1.82, 2.24) is 5.32 Å². The molecule has 1 aliphatic carbocycles. The Kier molecular flexibility index (Phi) is 15.7. The summed E-state index contributed by atoms with van der Waals surface area (Å²) in [5, 5.41) is 26.3. The van der Waals surface area contributed by atoms with Crippen molar-refractivity contribution in [3.8, 4) is 0 Å². The summed E-state index contributed by atoms with van der Waals surface area (Å²) in [4.78, 5) is 56.5. The SMILES string of the molecule is C=CC1=C(C)C2=NC1=CC1=NC(=C(CC)C1=CO)C=C1N=C3C(=C1C)C(=O)[C@@](O)(C(=O)OC)C3=C1NC(=C2)[C@@H](C)[C@@H]1CCC(=O)O/C=C(\C)CCCC(C)CCCC(C)CCCC(C)C. The Balaban J connectivity index is 1.27. The van der Waals surface area contributed by atoms with E-state index in [0.717, 1.165) is 66.8 Å². The van der Waals surface area contributed by atoms with Gasteiger partial charge in [0, 0.05) is 46.4 Å². The van der Waals surface area contributed by atoms with E-state index in [4.69, 9.17) is 24.5 Å². The molecule has 65 heavy (non-hydrogen) atoms. The van der Waals surface area contributed by atoms with E-state index in [9.17, 15) is 24.6 Å². The van der Waals surface area contributed by atoms with Crippen LogP contribution < -0.4 is 5.32 Å². The minimum atomic E-state index is -2.70. The monoisotopic (exact) mass is 887 g/mol. The van der Waals surface area contributed by atoms with Gasteiger partial charge in [0.15, 0.2) is 0 Å². The molecule has 6 aliphatic rings. The molecular formula is C54H70N4O7. The molecule has 6 rings (SSSR count). The number of aliphatic imine (C=N–C) groups is 3. The lowest BCUT2D eigenvalue weighted by molar-refractivity contribution is -0.161. The van der Waals surface area contributed by atoms with Crippen LogP contribution >= 0.6 is 0 Å². The number of fused-ring (bicyclic) bond motifs is 5. The normalized spacial score (nSPS) is 24.3. The van der Waals surface area contributed by atoms with Crippen LogP contribution in [0.5, 0.6) is 0 Å². The first-order valence-electron chi connectivity index (χ1n) is 23.8. The number of Topliss-reactive ketones (excluding diaryl/α,β-unsaturated/α-hetero) is 1. The number of ketones is 1. The highest BCUT2D eigenvalue weighted by Crippen LogP contribution is 2.49. The quantitative estimate of drug-likeness (QED) is 0.0657. The third-order valence-corrected chi connectivity index (χ3v) is 14.1. The van der Waals surface area contributed by atoms with Crippen molar-refractivity contribution in [2.24, 2.45) is 44.6 Å². The smallest absolute Gasteiger partial charge is 0.351 e. The molecule has 0 radical (unpaired) electrons. The van der Waals surface area contributed by atoms with Crippen molar-refractivity contribution in [3.63, 3.8) is 0 Å². The molecule has 0 aromatic rings. The predicted octanol–water partition coefficient (Wildman–Crippen LogP) is 11.2. The maximum Gasteiger partial charge on any atom is 0.351 e. The minimum Gasteiger partial charge on any atom is -0.515 e. The second kappa shape index (κ2) is 20.8. The molecule has 11 heteroatoms. The van der Waals surface area contributed by atoms with E-state index >= 15 is 0 Å². The molecule has 1 saturated carbocycles. The second-order valence-corrected chi connectivity index (χ2v) is 19.3. The minimum absolute atomic E-state index is 0.00169. The fourth-order valence-corrected chi connectivity index (χ4v) is 10.0. The van der Waals surface area contributed by atoms with Gasteiger partial charge in [0.2, 0.25) is 5.78 Å². The van der Waals surface area contributed by atoms with Gasteiger partial charge in [-0.1, -0.05) is 99.1 Å². The van der Waals surface area contributed by atoms with Gasteiger partial charge in [-0.05, 0) is 105 Å². The molecule has 5 aliphatic heterocycles. The highest BCUT2D eigenvalue weighted by molar-refractivity contribution is 6.46. The van der Waals surface area contributed by atoms with E-state index in [2.05, 4.69) is 39.6 Å². The summed E-state index contributed by atoms with van der Waals surface area (Å²) in [5.74, 6) is -0.951. The van der Waals surface area contributed by atoms with E-state index in [-0.39, 0.29) is 35.6 Å². The largest absolute Gasteiger partial charge is 0.515 e. The average Bonchev–Trinajstić information content (AvgIpc) is 4.01. The average molecular weight is 887 g/mol. The number of rotatable bonds is 19. The van der Waals surface area contributed by atoms with Gasteiger partial charge in [0.25, 0.3) is 5.60 Å². The number of hydrogen-bond acceptors (Lipinski definition) is 11. The molecule has 2 unspecified atom stereocenters. The molecule has 0 aromatic heterocycles. The molecule has 5 heterocycles. The number of carbonyl (C=O) groups is 3. The molecule has 0 spiro atoms. The Hall–Kier alpha value is -5.42. The first-order valence-corrected chi connectivity index (χ1v) is 23.8. The summed E-state index contributed by atoms with van der Waals surface area (Å²) in [6, 6.07) is 0. The van der Waals surface area contributed by atoms with Gasteiger partial charge < -0.3 is 25.0 Å². The Labute approximate surface area is 386 Å². The number of ether oxygens (including phenoxy) is 2. The van der Waals surface area contributed by atoms with Crippen LogP contribution in [0.25, 0.3) is 0 Å². The predicted molar refractivity (Wildman–Crippen MR) is 259 cm³/mol. The topological polar surface area (TPSA) is 159 Å². The summed E-state index contributed by atoms with van der Waals surface area (Å²) in [5.41, 5.74) is 5.85. The Morgan fingerprint density at radius 2 is 1.60 bits per heavy atom. The van der Waals surface area contributed by atoms with Gasteiger partial charge in [0.05, 0.1) is 59.4 Å². The zero-order valence-electron chi connectivity index (χ0n) is 40.3. The van der Waals surface area contributed by atoms with Crippen LogP contribution in [0.2, 0.25) is 0 Å². The second-order valence-electron chi connectivity index (χ2n) is 19.3. The third kappa shape index (κ3) is 10.1. The molecule has 348 valence electrons. The van der Waals surface area contributed by atoms with Gasteiger partial charge in [0.1, 0.15) is 0 Å². The van der Waals surface area contributed by atoms with Gasteiger partial charge in [-0.2, -0.15) is 0 Å². The summed E-state index contributed by atoms with van der Waals surface area (Å²) in [7, 11) is 1.13. The first-order chi connectivity index (χ1) is 31.0. The van der Waals surface area contributed by atoms with Crippen LogP contribution in [0.3, 0.4) is 0 Å². The van der Waals surface area contributed by atoms with Crippen molar-refractivity contribution in [2.75, 3.05) is 7.11 Å². The van der Waals surface area contributed by atoms with Crippen LogP contribution in [-0.2, 0) is 23.9 Å². The highest BCUT2D eigenvalue weighted by atomic mass is 16.5. The van der Waals surface area contributed by atoms with Crippen molar-refractivity contribution < 1.29 is 34.1 Å². The number of nitrogens with one attached hydrogen (secondary N) is 1. The van der Waals surface area contributed by atoms with Crippen molar-refractivity contribution >= 4 is 34.9 Å². The van der Waals surface area contributed by atoms with Crippen molar-refractivity contribution in [1.29, 1.82) is 0 Å². The maximum atomic E-state index is 14.5. The number of aliphatic hydroxyl groups excluding tert-OH is 1. The van der Waals surface area contributed by atoms with Gasteiger partial charge in [-0.25, -0.2) is 19.8 Å². The van der Waals surface area contributed by atoms with E-state index < -0.39 is 29.2 Å². The molecule has 5 atom stereocenters. The summed E-state index contributed by atoms with van der Waals surface area (Å²) < 4.78 is 10.8. The number of aliphatic hydroxyl groups is 2. The third-order valence-electron chi connectivity index (χ3n) is 14.1. The van der Waals surface area contributed by atoms with Crippen LogP contribution in [0, 0.1) is 29.6 Å². The van der Waals surface area contributed by atoms with E-state index in [1.807, 2.05) is 39.8 Å². The van der Waals surface area contributed by atoms with Gasteiger partial charge >= 0.3 is 11.9 Å². The van der Waals surface area contributed by atoms with E-state index in [1.54, 1.807) is 25.3 Å². The first kappa shape index (κ1) is 49.0. The van der Waals surface area contributed by atoms with Gasteiger partial charge in [-0.15, -0.1) is 0 Å². The summed E-state index contributed by atoms with van der Waals surface area (Å²) >= 11 is 0. The van der Waals surface area contributed by atoms with Crippen LogP contribution in [0.15, 0.2) is 131 Å². The van der Waals surface area contributed by atoms with Crippen LogP contribution in [-0.4, -0.2) is 57.8 Å². The number of nitrogens with zero attached hydrogens (tertiary/aromatic N) is 3. The molecule has 0 amide bonds. The number of allylic oxidation sites excluding steroid dienone is 11. The zero-order valence-corrected chi connectivity index (χ0v) is 40.3. The molecule has 0 aromatic carbocycles. The number of methoxy groups -OCH3 is 1. The Morgan fingerprint density at radius 1 is 0.923 bits per heavy atom. The molecule has 1 saturated heterocycles. The van der Waals surface area contributed by atoms with Crippen LogP contribution in [0.1, 0.15) is 139 Å². The van der Waals surface area contributed by atoms with Gasteiger partial charge in [-0.3, -0.25) is 9.59 Å². The molecule has 3 N–H and O–H groups in total. The fraction of sp³-hybridized carbons (Fsp3) is 0.519. The Morgan fingerprint density at radius 3 is 2.23 bits per heavy atom. The molecule has 2 fully saturated rings. The summed E-state index contributed by atoms with van der Waals surface area (Å²) in [6.07, 6.45) is 21.4. The molecular weight excluding hydrogens is 817 g/mol. The standard InChI is InChI=1S/C54H70N4O7/c1-12-37-34(8)41-25-42-35(9)39(23-24-47(60)65-29-33(7)22-16-21-32(6)20-15-19-31(5)18-14-17-30(3)4)50(57-42)49-51-48(52(61)54(49,63)53(62)64-11)36(10)43(58-51)26-45-38(13-2)40(28-59)46(56-45)27-44(37)55-41/h12,25-32,35,39,57,59,63H,1,13-24H2,2-11H3/b33-29+,40-28?,42-25?,43-26?,44-27?,50-49?/t31?,32?,35-,39-,54+/m0/s1. The van der Waals surface area contributed by atoms with E-state index in [0.29, 0.717) is 63.4 Å². The zero-order chi connectivity index (χ0) is 47.3. The maximum absolute atomic E-state index is 14.5. The Bertz CT molecular complexity index is 2390. The molecule has 11 nitrogen and oxygen atoms in total.